The van der Waals surface area contributed by atoms with Gasteiger partial charge in [-0.3, -0.25) is 0 Å². The normalized spacial score (nSPS) is 22.7. The van der Waals surface area contributed by atoms with Crippen LogP contribution in [0, 0.1) is 5.92 Å². The number of benzene rings is 1. The van der Waals surface area contributed by atoms with Crippen LogP contribution in [0.5, 0.6) is 11.5 Å². The van der Waals surface area contributed by atoms with Crippen LogP contribution in [0.2, 0.25) is 0 Å². The minimum Gasteiger partial charge on any atom is -0.486 e. The molecule has 0 fully saturated rings. The van der Waals surface area contributed by atoms with Gasteiger partial charge in [-0.1, -0.05) is 20.3 Å². The van der Waals surface area contributed by atoms with Crippen LogP contribution in [-0.2, 0) is 6.42 Å². The van der Waals surface area contributed by atoms with Gasteiger partial charge in [-0.2, -0.15) is 0 Å². The highest BCUT2D eigenvalue weighted by molar-refractivity contribution is 5.50. The summed E-state index contributed by atoms with van der Waals surface area (Å²) in [5.41, 5.74) is 2.84. The van der Waals surface area contributed by atoms with Crippen molar-refractivity contribution in [3.8, 4) is 11.5 Å². The van der Waals surface area contributed by atoms with E-state index in [0.29, 0.717) is 19.3 Å². The lowest BCUT2D eigenvalue weighted by molar-refractivity contribution is 0.170. The van der Waals surface area contributed by atoms with Crippen molar-refractivity contribution in [2.24, 2.45) is 5.92 Å². The second kappa shape index (κ2) is 5.41. The van der Waals surface area contributed by atoms with Gasteiger partial charge in [-0.05, 0) is 48.6 Å². The fourth-order valence-corrected chi connectivity index (χ4v) is 2.96. The highest BCUT2D eigenvalue weighted by Crippen LogP contribution is 2.38. The third-order valence-electron chi connectivity index (χ3n) is 4.30. The average molecular weight is 261 g/mol. The fourth-order valence-electron chi connectivity index (χ4n) is 2.96. The van der Waals surface area contributed by atoms with E-state index in [9.17, 15) is 0 Å². The lowest BCUT2D eigenvalue weighted by Crippen LogP contribution is -2.31. The van der Waals surface area contributed by atoms with Crippen molar-refractivity contribution in [1.29, 1.82) is 0 Å². The lowest BCUT2D eigenvalue weighted by Gasteiger charge is -2.31. The second-order valence-electron chi connectivity index (χ2n) is 5.70. The predicted molar refractivity (Wildman–Crippen MR) is 76.0 cm³/mol. The number of hydrogen-bond donors (Lipinski definition) is 1. The maximum Gasteiger partial charge on any atom is 0.161 e. The molecule has 0 saturated carbocycles. The van der Waals surface area contributed by atoms with Crippen LogP contribution in [0.15, 0.2) is 12.1 Å². The summed E-state index contributed by atoms with van der Waals surface area (Å²) in [4.78, 5) is 0. The highest BCUT2D eigenvalue weighted by Gasteiger charge is 2.24. The van der Waals surface area contributed by atoms with Gasteiger partial charge in [0.25, 0.3) is 0 Å². The largest absolute Gasteiger partial charge is 0.486 e. The Balaban J connectivity index is 1.90. The molecule has 3 nitrogen and oxygen atoms in total. The molecule has 2 heterocycles. The molecule has 0 aromatic heterocycles. The molecule has 3 heteroatoms. The smallest absolute Gasteiger partial charge is 0.161 e. The van der Waals surface area contributed by atoms with Crippen LogP contribution in [0.3, 0.4) is 0 Å². The summed E-state index contributed by atoms with van der Waals surface area (Å²) in [5, 5.41) is 3.65. The molecule has 0 spiro atoms. The maximum absolute atomic E-state index is 5.72. The molecule has 1 aromatic carbocycles. The van der Waals surface area contributed by atoms with Gasteiger partial charge in [0.15, 0.2) is 11.5 Å². The van der Waals surface area contributed by atoms with E-state index in [1.54, 1.807) is 0 Å². The van der Waals surface area contributed by atoms with Crippen LogP contribution in [0.4, 0.5) is 0 Å². The zero-order valence-corrected chi connectivity index (χ0v) is 11.9. The van der Waals surface area contributed by atoms with E-state index in [4.69, 9.17) is 9.47 Å². The average Bonchev–Trinajstić information content (AvgIpc) is 2.45. The molecule has 0 radical (unpaired) electrons. The van der Waals surface area contributed by atoms with Crippen LogP contribution in [-0.4, -0.2) is 19.8 Å². The lowest BCUT2D eigenvalue weighted by atomic mass is 9.87. The predicted octanol–water partition coefficient (Wildman–Crippen LogP) is 3.08. The molecule has 2 atom stereocenters. The van der Waals surface area contributed by atoms with E-state index in [2.05, 4.69) is 31.3 Å². The first kappa shape index (κ1) is 12.8. The number of fused-ring (bicyclic) bond motifs is 2. The molecule has 0 aliphatic carbocycles. The first-order valence-electron chi connectivity index (χ1n) is 7.43. The maximum atomic E-state index is 5.72. The zero-order chi connectivity index (χ0) is 13.2. The van der Waals surface area contributed by atoms with Crippen molar-refractivity contribution in [2.45, 2.75) is 39.2 Å². The summed E-state index contributed by atoms with van der Waals surface area (Å²) in [6.07, 6.45) is 3.52. The van der Waals surface area contributed by atoms with Gasteiger partial charge in [-0.25, -0.2) is 0 Å². The number of rotatable bonds is 3. The molecule has 19 heavy (non-hydrogen) atoms. The van der Waals surface area contributed by atoms with E-state index in [0.717, 1.165) is 30.4 Å². The molecule has 3 rings (SSSR count). The second-order valence-corrected chi connectivity index (χ2v) is 5.70. The molecule has 0 saturated heterocycles. The van der Waals surface area contributed by atoms with Gasteiger partial charge in [-0.15, -0.1) is 0 Å². The van der Waals surface area contributed by atoms with Crippen molar-refractivity contribution in [3.05, 3.63) is 23.3 Å². The Morgan fingerprint density at radius 2 is 2.00 bits per heavy atom. The van der Waals surface area contributed by atoms with Crippen LogP contribution < -0.4 is 14.8 Å². The summed E-state index contributed by atoms with van der Waals surface area (Å²) in [5.74, 6) is 2.59. The molecule has 104 valence electrons. The Morgan fingerprint density at radius 3 is 2.74 bits per heavy atom. The van der Waals surface area contributed by atoms with Gasteiger partial charge >= 0.3 is 0 Å². The summed E-state index contributed by atoms with van der Waals surface area (Å²) in [6, 6.07) is 4.85. The Labute approximate surface area is 115 Å². The van der Waals surface area contributed by atoms with Crippen LogP contribution >= 0.6 is 0 Å². The van der Waals surface area contributed by atoms with Crippen LogP contribution in [0.25, 0.3) is 0 Å². The van der Waals surface area contributed by atoms with E-state index in [1.165, 1.54) is 24.0 Å². The fraction of sp³-hybridized carbons (Fsp3) is 0.625. The summed E-state index contributed by atoms with van der Waals surface area (Å²) >= 11 is 0. The van der Waals surface area contributed by atoms with Crippen molar-refractivity contribution in [1.82, 2.24) is 5.32 Å². The quantitative estimate of drug-likeness (QED) is 0.907. The first-order valence-corrected chi connectivity index (χ1v) is 7.43. The van der Waals surface area contributed by atoms with E-state index in [1.807, 2.05) is 0 Å². The number of nitrogens with one attached hydrogen (secondary N) is 1. The molecular formula is C16H23NO2. The minimum absolute atomic E-state index is 0.467. The van der Waals surface area contributed by atoms with Gasteiger partial charge in [0.05, 0.1) is 0 Å². The Morgan fingerprint density at radius 1 is 1.26 bits per heavy atom. The minimum atomic E-state index is 0.467. The van der Waals surface area contributed by atoms with Gasteiger partial charge < -0.3 is 14.8 Å². The summed E-state index contributed by atoms with van der Waals surface area (Å²) in [6.45, 7) is 6.98. The molecule has 2 aliphatic rings. The third kappa shape index (κ3) is 2.57. The zero-order valence-electron chi connectivity index (χ0n) is 11.9. The Hall–Kier alpha value is -1.22. The molecule has 0 bridgehead atoms. The highest BCUT2D eigenvalue weighted by atomic mass is 16.6. The topological polar surface area (TPSA) is 30.5 Å². The molecule has 1 N–H and O–H groups in total. The molecule has 0 amide bonds. The molecular weight excluding hydrogens is 238 g/mol. The van der Waals surface area contributed by atoms with Crippen molar-refractivity contribution in [3.63, 3.8) is 0 Å². The van der Waals surface area contributed by atoms with Crippen LogP contribution in [0.1, 0.15) is 43.9 Å². The SMILES string of the molecule is CCC(C)CC1NCCc2cc3c(cc21)OCCO3. The number of ether oxygens (including phenoxy) is 2. The van der Waals surface area contributed by atoms with E-state index in [-0.39, 0.29) is 0 Å². The molecule has 1 aromatic rings. The summed E-state index contributed by atoms with van der Waals surface area (Å²) in [7, 11) is 0. The van der Waals surface area contributed by atoms with Crippen molar-refractivity contribution >= 4 is 0 Å². The van der Waals surface area contributed by atoms with Crippen molar-refractivity contribution < 1.29 is 9.47 Å². The molecule has 2 aliphatic heterocycles. The molecule has 2 unspecified atom stereocenters. The standard InChI is InChI=1S/C16H23NO2/c1-3-11(2)8-14-13-10-16-15(18-6-7-19-16)9-12(13)4-5-17-14/h9-11,14,17H,3-8H2,1-2H3. The van der Waals surface area contributed by atoms with Gasteiger partial charge in [0.1, 0.15) is 13.2 Å². The van der Waals surface area contributed by atoms with Crippen molar-refractivity contribution in [2.75, 3.05) is 19.8 Å². The van der Waals surface area contributed by atoms with E-state index < -0.39 is 0 Å². The van der Waals surface area contributed by atoms with E-state index >= 15 is 0 Å². The van der Waals surface area contributed by atoms with Gasteiger partial charge in [0, 0.05) is 6.04 Å². The monoisotopic (exact) mass is 261 g/mol. The Kier molecular flexibility index (Phi) is 3.65. The third-order valence-corrected chi connectivity index (χ3v) is 4.30. The first-order chi connectivity index (χ1) is 9.28. The summed E-state index contributed by atoms with van der Waals surface area (Å²) < 4.78 is 11.4. The number of hydrogen-bond acceptors (Lipinski definition) is 3. The van der Waals surface area contributed by atoms with Gasteiger partial charge in [0.2, 0.25) is 0 Å². The Bertz CT molecular complexity index is 458.